The summed E-state index contributed by atoms with van der Waals surface area (Å²) in [5.74, 6) is 0.595. The molecule has 0 spiro atoms. The molecule has 2 aromatic rings. The molecular formula is C14H15N5O3S. The topological polar surface area (TPSA) is 89.4 Å². The maximum atomic E-state index is 12.1. The second-order valence-electron chi connectivity index (χ2n) is 4.83. The highest BCUT2D eigenvalue weighted by Gasteiger charge is 2.34. The van der Waals surface area contributed by atoms with Gasteiger partial charge in [-0.2, -0.15) is 5.10 Å². The number of amides is 2. The van der Waals surface area contributed by atoms with Gasteiger partial charge in [-0.3, -0.25) is 15.0 Å². The van der Waals surface area contributed by atoms with Gasteiger partial charge in [-0.15, -0.1) is 11.8 Å². The Morgan fingerprint density at radius 2 is 2.22 bits per heavy atom. The van der Waals surface area contributed by atoms with E-state index in [9.17, 15) is 9.59 Å². The van der Waals surface area contributed by atoms with Gasteiger partial charge in [0.05, 0.1) is 12.9 Å². The first-order valence-electron chi connectivity index (χ1n) is 6.87. The third kappa shape index (κ3) is 3.45. The van der Waals surface area contributed by atoms with Gasteiger partial charge in [0.1, 0.15) is 30.3 Å². The molecule has 1 atom stereocenters. The predicted molar refractivity (Wildman–Crippen MR) is 83.2 cm³/mol. The minimum Gasteiger partial charge on any atom is -0.497 e. The van der Waals surface area contributed by atoms with E-state index in [0.29, 0.717) is 5.75 Å². The summed E-state index contributed by atoms with van der Waals surface area (Å²) in [6.45, 7) is 0.00375. The molecule has 23 heavy (non-hydrogen) atoms. The third-order valence-electron chi connectivity index (χ3n) is 3.29. The number of hydrazine groups is 1. The van der Waals surface area contributed by atoms with Crippen molar-refractivity contribution in [2.75, 3.05) is 12.9 Å². The SMILES string of the molecule is COc1ccc(C2SCC(=O)N2NC(=O)Cn2cncn2)cc1. The van der Waals surface area contributed by atoms with Crippen molar-refractivity contribution in [1.82, 2.24) is 25.2 Å². The number of carbonyl (C=O) groups excluding carboxylic acids is 2. The Bertz CT molecular complexity index is 689. The first kappa shape index (κ1) is 15.3. The quantitative estimate of drug-likeness (QED) is 0.861. The number of aromatic nitrogens is 3. The summed E-state index contributed by atoms with van der Waals surface area (Å²) in [4.78, 5) is 27.9. The Kier molecular flexibility index (Phi) is 4.47. The number of carbonyl (C=O) groups is 2. The summed E-state index contributed by atoms with van der Waals surface area (Å²) in [5.41, 5.74) is 3.57. The Morgan fingerprint density at radius 3 is 2.87 bits per heavy atom. The maximum Gasteiger partial charge on any atom is 0.260 e. The highest BCUT2D eigenvalue weighted by molar-refractivity contribution is 8.00. The molecule has 1 N–H and O–H groups in total. The van der Waals surface area contributed by atoms with E-state index in [-0.39, 0.29) is 23.7 Å². The number of methoxy groups -OCH3 is 1. The Hall–Kier alpha value is -2.55. The molecule has 1 aromatic carbocycles. The molecule has 120 valence electrons. The van der Waals surface area contributed by atoms with Crippen molar-refractivity contribution in [3.05, 3.63) is 42.5 Å². The van der Waals surface area contributed by atoms with E-state index < -0.39 is 0 Å². The van der Waals surface area contributed by atoms with Gasteiger partial charge in [0, 0.05) is 0 Å². The highest BCUT2D eigenvalue weighted by Crippen LogP contribution is 2.37. The fourth-order valence-corrected chi connectivity index (χ4v) is 3.30. The standard InChI is InChI=1S/C14H15N5O3S/c1-22-11-4-2-10(3-5-11)14-19(13(21)7-23-14)17-12(20)6-18-9-15-8-16-18/h2-5,8-9,14H,6-7H2,1H3,(H,17,20). The van der Waals surface area contributed by atoms with Crippen LogP contribution in [0.2, 0.25) is 0 Å². The Balaban J connectivity index is 1.70. The van der Waals surface area contributed by atoms with E-state index in [4.69, 9.17) is 4.74 Å². The number of ether oxygens (including phenoxy) is 1. The Labute approximate surface area is 136 Å². The van der Waals surface area contributed by atoms with Gasteiger partial charge < -0.3 is 4.74 Å². The largest absolute Gasteiger partial charge is 0.497 e. The monoisotopic (exact) mass is 333 g/mol. The van der Waals surface area contributed by atoms with Gasteiger partial charge in [0.2, 0.25) is 0 Å². The lowest BCUT2D eigenvalue weighted by Gasteiger charge is -2.24. The van der Waals surface area contributed by atoms with Crippen LogP contribution in [0.5, 0.6) is 5.75 Å². The van der Waals surface area contributed by atoms with Gasteiger partial charge in [-0.25, -0.2) is 14.7 Å². The van der Waals surface area contributed by atoms with Gasteiger partial charge in [0.25, 0.3) is 11.8 Å². The van der Waals surface area contributed by atoms with Gasteiger partial charge in [-0.05, 0) is 17.7 Å². The zero-order valence-electron chi connectivity index (χ0n) is 12.4. The second kappa shape index (κ2) is 6.69. The molecule has 1 saturated heterocycles. The lowest BCUT2D eigenvalue weighted by molar-refractivity contribution is -0.139. The van der Waals surface area contributed by atoms with Crippen LogP contribution in [0.3, 0.4) is 0 Å². The number of thioether (sulfide) groups is 1. The molecule has 0 saturated carbocycles. The number of hydrogen-bond donors (Lipinski definition) is 1. The van der Waals surface area contributed by atoms with E-state index in [2.05, 4.69) is 15.5 Å². The summed E-state index contributed by atoms with van der Waals surface area (Å²) in [6.07, 6.45) is 2.80. The van der Waals surface area contributed by atoms with Crippen molar-refractivity contribution in [2.24, 2.45) is 0 Å². The fourth-order valence-electron chi connectivity index (χ4n) is 2.19. The van der Waals surface area contributed by atoms with Crippen LogP contribution in [0.25, 0.3) is 0 Å². The smallest absolute Gasteiger partial charge is 0.260 e. The minimum absolute atomic E-state index is 0.00375. The summed E-state index contributed by atoms with van der Waals surface area (Å²) in [6, 6.07) is 7.42. The molecule has 1 aromatic heterocycles. The molecule has 1 aliphatic rings. The van der Waals surface area contributed by atoms with Crippen molar-refractivity contribution in [3.8, 4) is 5.75 Å². The van der Waals surface area contributed by atoms with Gasteiger partial charge in [-0.1, -0.05) is 12.1 Å². The van der Waals surface area contributed by atoms with E-state index in [1.54, 1.807) is 7.11 Å². The molecule has 2 amide bonds. The molecular weight excluding hydrogens is 318 g/mol. The minimum atomic E-state index is -0.329. The summed E-state index contributed by atoms with van der Waals surface area (Å²) < 4.78 is 6.52. The number of rotatable bonds is 5. The zero-order valence-corrected chi connectivity index (χ0v) is 13.2. The number of nitrogens with one attached hydrogen (secondary N) is 1. The zero-order chi connectivity index (χ0) is 16.2. The molecule has 0 radical (unpaired) electrons. The van der Waals surface area contributed by atoms with Crippen LogP contribution in [-0.4, -0.2) is 44.5 Å². The van der Waals surface area contributed by atoms with Crippen LogP contribution in [0.4, 0.5) is 0 Å². The first-order chi connectivity index (χ1) is 11.2. The highest BCUT2D eigenvalue weighted by atomic mass is 32.2. The predicted octanol–water partition coefficient (Wildman–Crippen LogP) is 0.592. The van der Waals surface area contributed by atoms with Crippen molar-refractivity contribution in [3.63, 3.8) is 0 Å². The summed E-state index contributed by atoms with van der Waals surface area (Å²) in [5, 5.41) is 4.98. The molecule has 0 bridgehead atoms. The number of nitrogens with zero attached hydrogens (tertiary/aromatic N) is 4. The summed E-state index contributed by atoms with van der Waals surface area (Å²) in [7, 11) is 1.60. The van der Waals surface area contributed by atoms with Crippen LogP contribution in [0.15, 0.2) is 36.9 Å². The van der Waals surface area contributed by atoms with Crippen molar-refractivity contribution >= 4 is 23.6 Å². The first-order valence-corrected chi connectivity index (χ1v) is 7.92. The Morgan fingerprint density at radius 1 is 1.43 bits per heavy atom. The van der Waals surface area contributed by atoms with Crippen LogP contribution in [0.1, 0.15) is 10.9 Å². The average Bonchev–Trinajstić information content (AvgIpc) is 3.18. The number of hydrogen-bond acceptors (Lipinski definition) is 6. The molecule has 2 heterocycles. The molecule has 0 aliphatic carbocycles. The van der Waals surface area contributed by atoms with Crippen molar-refractivity contribution < 1.29 is 14.3 Å². The number of benzene rings is 1. The maximum absolute atomic E-state index is 12.1. The summed E-state index contributed by atoms with van der Waals surface area (Å²) >= 11 is 1.46. The lowest BCUT2D eigenvalue weighted by atomic mass is 10.2. The van der Waals surface area contributed by atoms with Crippen LogP contribution in [0, 0.1) is 0 Å². The van der Waals surface area contributed by atoms with E-state index in [1.807, 2.05) is 24.3 Å². The molecule has 1 fully saturated rings. The van der Waals surface area contributed by atoms with E-state index in [0.717, 1.165) is 11.3 Å². The third-order valence-corrected chi connectivity index (χ3v) is 4.50. The lowest BCUT2D eigenvalue weighted by Crippen LogP contribution is -2.45. The fraction of sp³-hybridized carbons (Fsp3) is 0.286. The second-order valence-corrected chi connectivity index (χ2v) is 5.90. The molecule has 1 aliphatic heterocycles. The van der Waals surface area contributed by atoms with E-state index in [1.165, 1.54) is 34.1 Å². The molecule has 3 rings (SSSR count). The molecule has 1 unspecified atom stereocenters. The average molecular weight is 333 g/mol. The molecule has 8 nitrogen and oxygen atoms in total. The van der Waals surface area contributed by atoms with E-state index >= 15 is 0 Å². The van der Waals surface area contributed by atoms with Gasteiger partial charge >= 0.3 is 0 Å². The van der Waals surface area contributed by atoms with Crippen molar-refractivity contribution in [2.45, 2.75) is 11.9 Å². The van der Waals surface area contributed by atoms with Crippen LogP contribution in [-0.2, 0) is 16.1 Å². The van der Waals surface area contributed by atoms with Gasteiger partial charge in [0.15, 0.2) is 0 Å². The normalized spacial score (nSPS) is 17.3. The van der Waals surface area contributed by atoms with Crippen LogP contribution < -0.4 is 10.2 Å². The van der Waals surface area contributed by atoms with Crippen molar-refractivity contribution in [1.29, 1.82) is 0 Å². The van der Waals surface area contributed by atoms with Crippen LogP contribution >= 0.6 is 11.8 Å². The molecule has 9 heteroatoms.